The lowest BCUT2D eigenvalue weighted by Crippen LogP contribution is -2.38. The van der Waals surface area contributed by atoms with Crippen LogP contribution in [0, 0.1) is 0 Å². The van der Waals surface area contributed by atoms with Crippen molar-refractivity contribution in [2.24, 2.45) is 4.99 Å². The van der Waals surface area contributed by atoms with Gasteiger partial charge in [-0.15, -0.1) is 0 Å². The summed E-state index contributed by atoms with van der Waals surface area (Å²) in [6, 6.07) is 0. The predicted octanol–water partition coefficient (Wildman–Crippen LogP) is 2.04. The minimum absolute atomic E-state index is 0.283. The zero-order chi connectivity index (χ0) is 20.0. The molecule has 158 valence electrons. The van der Waals surface area contributed by atoms with Gasteiger partial charge in [0.15, 0.2) is 5.96 Å². The van der Waals surface area contributed by atoms with Gasteiger partial charge in [-0.2, -0.15) is 0 Å². The Morgan fingerprint density at radius 1 is 1.19 bits per heavy atom. The van der Waals surface area contributed by atoms with Crippen LogP contribution in [0.1, 0.15) is 53.4 Å². The minimum atomic E-state index is -0.474. The smallest absolute Gasteiger partial charge is 0.407 e. The molecular weight excluding hydrogens is 348 g/mol. The molecule has 27 heavy (non-hydrogen) atoms. The molecule has 8 heteroatoms. The normalized spacial score (nSPS) is 17.6. The van der Waals surface area contributed by atoms with Gasteiger partial charge in [0, 0.05) is 39.4 Å². The highest BCUT2D eigenvalue weighted by atomic mass is 16.6. The van der Waals surface area contributed by atoms with Crippen LogP contribution in [0.25, 0.3) is 0 Å². The molecule has 0 aromatic heterocycles. The SMILES string of the molecule is CCNC(=NCCCNC(=O)OC(C)(C)C)NCCCOCC1CCCO1. The molecule has 1 fully saturated rings. The quantitative estimate of drug-likeness (QED) is 0.286. The lowest BCUT2D eigenvalue weighted by atomic mass is 10.2. The van der Waals surface area contributed by atoms with Gasteiger partial charge in [0.05, 0.1) is 12.7 Å². The van der Waals surface area contributed by atoms with Crippen molar-refractivity contribution in [1.29, 1.82) is 0 Å². The molecule has 3 N–H and O–H groups in total. The first-order valence-electron chi connectivity index (χ1n) is 10.1. The van der Waals surface area contributed by atoms with Gasteiger partial charge in [0.1, 0.15) is 5.60 Å². The van der Waals surface area contributed by atoms with Gasteiger partial charge >= 0.3 is 6.09 Å². The first-order chi connectivity index (χ1) is 12.9. The van der Waals surface area contributed by atoms with Crippen molar-refractivity contribution in [3.63, 3.8) is 0 Å². The van der Waals surface area contributed by atoms with Crippen LogP contribution in [0.5, 0.6) is 0 Å². The lowest BCUT2D eigenvalue weighted by molar-refractivity contribution is 0.0168. The van der Waals surface area contributed by atoms with Crippen molar-refractivity contribution in [3.05, 3.63) is 0 Å². The maximum absolute atomic E-state index is 11.6. The summed E-state index contributed by atoms with van der Waals surface area (Å²) >= 11 is 0. The van der Waals surface area contributed by atoms with Crippen LogP contribution in [0.2, 0.25) is 0 Å². The highest BCUT2D eigenvalue weighted by molar-refractivity contribution is 5.79. The van der Waals surface area contributed by atoms with Crippen LogP contribution in [0.15, 0.2) is 4.99 Å². The summed E-state index contributed by atoms with van der Waals surface area (Å²) in [6.45, 7) is 12.6. The molecule has 8 nitrogen and oxygen atoms in total. The minimum Gasteiger partial charge on any atom is -0.444 e. The summed E-state index contributed by atoms with van der Waals surface area (Å²) in [4.78, 5) is 16.1. The third-order valence-corrected chi connectivity index (χ3v) is 3.70. The molecule has 0 aromatic carbocycles. The zero-order valence-electron chi connectivity index (χ0n) is 17.4. The van der Waals surface area contributed by atoms with Crippen LogP contribution in [0.4, 0.5) is 4.79 Å². The fourth-order valence-electron chi connectivity index (χ4n) is 2.49. The largest absolute Gasteiger partial charge is 0.444 e. The van der Waals surface area contributed by atoms with Crippen LogP contribution in [0.3, 0.4) is 0 Å². The summed E-state index contributed by atoms with van der Waals surface area (Å²) in [5.41, 5.74) is -0.474. The number of guanidine groups is 1. The number of ether oxygens (including phenoxy) is 3. The second kappa shape index (κ2) is 13.6. The average molecular weight is 387 g/mol. The molecule has 1 rings (SSSR count). The fraction of sp³-hybridized carbons (Fsp3) is 0.895. The summed E-state index contributed by atoms with van der Waals surface area (Å²) in [5, 5.41) is 9.25. The molecule has 1 atom stereocenters. The Hall–Kier alpha value is -1.54. The van der Waals surface area contributed by atoms with E-state index >= 15 is 0 Å². The Balaban J connectivity index is 2.07. The number of amides is 1. The summed E-state index contributed by atoms with van der Waals surface area (Å²) in [6.07, 6.45) is 3.81. The Morgan fingerprint density at radius 3 is 2.63 bits per heavy atom. The van der Waals surface area contributed by atoms with E-state index in [4.69, 9.17) is 14.2 Å². The first-order valence-corrected chi connectivity index (χ1v) is 10.1. The molecule has 0 spiro atoms. The Bertz CT molecular complexity index is 432. The highest BCUT2D eigenvalue weighted by Gasteiger charge is 2.15. The van der Waals surface area contributed by atoms with Crippen molar-refractivity contribution in [2.75, 3.05) is 46.0 Å². The second-order valence-electron chi connectivity index (χ2n) is 7.53. The number of carbonyl (C=O) groups excluding carboxylic acids is 1. The number of carbonyl (C=O) groups is 1. The highest BCUT2D eigenvalue weighted by Crippen LogP contribution is 2.11. The monoisotopic (exact) mass is 386 g/mol. The van der Waals surface area contributed by atoms with Gasteiger partial charge in [0.25, 0.3) is 0 Å². The number of hydrogen-bond donors (Lipinski definition) is 3. The molecule has 1 aliphatic heterocycles. The van der Waals surface area contributed by atoms with Crippen molar-refractivity contribution in [3.8, 4) is 0 Å². The maximum Gasteiger partial charge on any atom is 0.407 e. The number of aliphatic imine (C=N–C) groups is 1. The third-order valence-electron chi connectivity index (χ3n) is 3.70. The van der Waals surface area contributed by atoms with E-state index in [1.807, 2.05) is 27.7 Å². The van der Waals surface area contributed by atoms with Crippen LogP contribution in [-0.4, -0.2) is 69.8 Å². The molecule has 1 heterocycles. The zero-order valence-corrected chi connectivity index (χ0v) is 17.4. The van der Waals surface area contributed by atoms with Gasteiger partial charge in [-0.05, 0) is 53.4 Å². The number of nitrogens with one attached hydrogen (secondary N) is 3. The van der Waals surface area contributed by atoms with Gasteiger partial charge in [0.2, 0.25) is 0 Å². The summed E-state index contributed by atoms with van der Waals surface area (Å²) in [5.74, 6) is 0.786. The molecule has 0 aromatic rings. The molecule has 0 saturated carbocycles. The number of alkyl carbamates (subject to hydrolysis) is 1. The Kier molecular flexibility index (Phi) is 11.8. The van der Waals surface area contributed by atoms with Gasteiger partial charge in [-0.25, -0.2) is 4.79 Å². The number of rotatable bonds is 11. The maximum atomic E-state index is 11.6. The third kappa shape index (κ3) is 13.3. The van der Waals surface area contributed by atoms with E-state index in [2.05, 4.69) is 20.9 Å². The van der Waals surface area contributed by atoms with Crippen molar-refractivity contribution in [2.45, 2.75) is 65.1 Å². The fourth-order valence-corrected chi connectivity index (χ4v) is 2.49. The van der Waals surface area contributed by atoms with Crippen molar-refractivity contribution < 1.29 is 19.0 Å². The lowest BCUT2D eigenvalue weighted by Gasteiger charge is -2.19. The molecule has 0 radical (unpaired) electrons. The van der Waals surface area contributed by atoms with E-state index in [9.17, 15) is 4.79 Å². The topological polar surface area (TPSA) is 93.2 Å². The van der Waals surface area contributed by atoms with Crippen molar-refractivity contribution >= 4 is 12.1 Å². The van der Waals surface area contributed by atoms with Gasteiger partial charge in [-0.1, -0.05) is 0 Å². The van der Waals surface area contributed by atoms with E-state index in [0.29, 0.717) is 26.3 Å². The van der Waals surface area contributed by atoms with E-state index in [0.717, 1.165) is 51.3 Å². The molecule has 1 aliphatic rings. The van der Waals surface area contributed by atoms with Gasteiger partial charge in [-0.3, -0.25) is 4.99 Å². The second-order valence-corrected chi connectivity index (χ2v) is 7.53. The molecule has 0 bridgehead atoms. The van der Waals surface area contributed by atoms with E-state index in [1.54, 1.807) is 0 Å². The average Bonchev–Trinajstić information content (AvgIpc) is 3.09. The van der Waals surface area contributed by atoms with E-state index in [1.165, 1.54) is 0 Å². The van der Waals surface area contributed by atoms with E-state index in [-0.39, 0.29) is 12.2 Å². The summed E-state index contributed by atoms with van der Waals surface area (Å²) < 4.78 is 16.4. The molecule has 1 amide bonds. The molecule has 1 saturated heterocycles. The van der Waals surface area contributed by atoms with Crippen molar-refractivity contribution in [1.82, 2.24) is 16.0 Å². The number of nitrogens with zero attached hydrogens (tertiary/aromatic N) is 1. The number of hydrogen-bond acceptors (Lipinski definition) is 5. The van der Waals surface area contributed by atoms with Crippen LogP contribution < -0.4 is 16.0 Å². The standard InChI is InChI=1S/C19H38N4O4/c1-5-20-17(21-10-7-11-23-18(24)27-19(2,3)4)22-12-8-13-25-15-16-9-6-14-26-16/h16H,5-15H2,1-4H3,(H,23,24)(H2,20,21,22). The first kappa shape index (κ1) is 23.5. The Morgan fingerprint density at radius 2 is 1.96 bits per heavy atom. The van der Waals surface area contributed by atoms with Gasteiger partial charge < -0.3 is 30.2 Å². The van der Waals surface area contributed by atoms with Crippen LogP contribution >= 0.6 is 0 Å². The Labute approximate surface area is 163 Å². The molecule has 1 unspecified atom stereocenters. The molecular formula is C19H38N4O4. The molecule has 0 aliphatic carbocycles. The predicted molar refractivity (Wildman–Crippen MR) is 107 cm³/mol. The van der Waals surface area contributed by atoms with Crippen LogP contribution in [-0.2, 0) is 14.2 Å². The summed E-state index contributed by atoms with van der Waals surface area (Å²) in [7, 11) is 0. The van der Waals surface area contributed by atoms with E-state index < -0.39 is 5.60 Å².